The molecule has 0 aliphatic heterocycles. The van der Waals surface area contributed by atoms with E-state index in [-0.39, 0.29) is 22.3 Å². The Bertz CT molecular complexity index is 1510. The van der Waals surface area contributed by atoms with Gasteiger partial charge >= 0.3 is 12.4 Å². The largest absolute Gasteiger partial charge is 0.417 e. The first-order valence-electron chi connectivity index (χ1n) is 11.3. The van der Waals surface area contributed by atoms with Crippen LogP contribution in [0.4, 0.5) is 32.0 Å². The Balaban J connectivity index is 1.67. The van der Waals surface area contributed by atoms with Gasteiger partial charge < -0.3 is 15.2 Å². The van der Waals surface area contributed by atoms with Gasteiger partial charge in [-0.1, -0.05) is 30.3 Å². The highest BCUT2D eigenvalue weighted by Gasteiger charge is 2.35. The first kappa shape index (κ1) is 26.7. The number of nitrogens with one attached hydrogen (secondary N) is 2. The summed E-state index contributed by atoms with van der Waals surface area (Å²) < 4.78 is 81.8. The molecule has 0 radical (unpaired) electrons. The SMILES string of the molecule is CCn1cnc2c(C(=O)NCc3ccccc3C(F)(F)F)cc(NC(=O)c3ccccc3C(F)(F)F)cc21. The predicted molar refractivity (Wildman–Crippen MR) is 127 cm³/mol. The molecular formula is C26H20F6N4O2. The Hall–Kier alpha value is -4.35. The zero-order valence-corrected chi connectivity index (χ0v) is 19.7. The van der Waals surface area contributed by atoms with Crippen LogP contribution in [-0.2, 0) is 25.4 Å². The Labute approximate surface area is 212 Å². The minimum absolute atomic E-state index is 0.00974. The van der Waals surface area contributed by atoms with Crippen molar-refractivity contribution in [2.45, 2.75) is 32.4 Å². The van der Waals surface area contributed by atoms with Gasteiger partial charge in [-0.25, -0.2) is 4.98 Å². The number of hydrogen-bond acceptors (Lipinski definition) is 3. The molecule has 2 amide bonds. The molecule has 1 heterocycles. The molecule has 6 nitrogen and oxygen atoms in total. The highest BCUT2D eigenvalue weighted by Crippen LogP contribution is 2.33. The fourth-order valence-corrected chi connectivity index (χ4v) is 4.01. The minimum atomic E-state index is -4.77. The number of fused-ring (bicyclic) bond motifs is 1. The van der Waals surface area contributed by atoms with Gasteiger partial charge in [0.2, 0.25) is 0 Å². The molecule has 0 spiro atoms. The summed E-state index contributed by atoms with van der Waals surface area (Å²) in [5.41, 5.74) is -2.24. The summed E-state index contributed by atoms with van der Waals surface area (Å²) in [6.45, 7) is 1.77. The Morgan fingerprint density at radius 3 is 2.13 bits per heavy atom. The fraction of sp³-hybridized carbons (Fsp3) is 0.192. The van der Waals surface area contributed by atoms with Crippen LogP contribution in [0, 0.1) is 0 Å². The van der Waals surface area contributed by atoms with Crippen LogP contribution in [0.25, 0.3) is 11.0 Å². The normalized spacial score (nSPS) is 12.0. The van der Waals surface area contributed by atoms with Crippen molar-refractivity contribution in [3.05, 3.63) is 94.8 Å². The standard InChI is InChI=1S/C26H20F6N4O2/c1-2-36-14-34-22-18(23(37)33-13-15-7-3-5-9-19(15)25(27,28)29)11-16(12-21(22)36)35-24(38)17-8-4-6-10-20(17)26(30,31)32/h3-12,14H,2,13H2,1H3,(H,33,37)(H,35,38). The molecule has 4 rings (SSSR count). The second kappa shape index (κ2) is 10.2. The molecule has 38 heavy (non-hydrogen) atoms. The number of nitrogens with zero attached hydrogens (tertiary/aromatic N) is 2. The number of hydrogen-bond donors (Lipinski definition) is 2. The molecule has 12 heteroatoms. The molecule has 1 aromatic heterocycles. The first-order chi connectivity index (χ1) is 17.9. The predicted octanol–water partition coefficient (Wildman–Crippen LogP) is 6.28. The maximum absolute atomic E-state index is 13.4. The van der Waals surface area contributed by atoms with Gasteiger partial charge in [-0.2, -0.15) is 26.3 Å². The summed E-state index contributed by atoms with van der Waals surface area (Å²) in [6.07, 6.45) is -7.95. The zero-order chi connectivity index (χ0) is 27.7. The van der Waals surface area contributed by atoms with Crippen molar-refractivity contribution in [1.82, 2.24) is 14.9 Å². The van der Waals surface area contributed by atoms with Gasteiger partial charge in [0, 0.05) is 18.8 Å². The lowest BCUT2D eigenvalue weighted by atomic mass is 10.1. The quantitative estimate of drug-likeness (QED) is 0.286. The summed E-state index contributed by atoms with van der Waals surface area (Å²) in [6, 6.07) is 11.7. The molecule has 0 fully saturated rings. The Kier molecular flexibility index (Phi) is 7.16. The molecular weight excluding hydrogens is 514 g/mol. The van der Waals surface area contributed by atoms with Crippen molar-refractivity contribution < 1.29 is 35.9 Å². The smallest absolute Gasteiger partial charge is 0.348 e. The number of amides is 2. The minimum Gasteiger partial charge on any atom is -0.348 e. The summed E-state index contributed by atoms with van der Waals surface area (Å²) >= 11 is 0. The molecule has 198 valence electrons. The maximum Gasteiger partial charge on any atom is 0.417 e. The molecule has 0 atom stereocenters. The van der Waals surface area contributed by atoms with Crippen molar-refractivity contribution in [2.24, 2.45) is 0 Å². The number of aryl methyl sites for hydroxylation is 1. The molecule has 0 bridgehead atoms. The van der Waals surface area contributed by atoms with Gasteiger partial charge in [-0.15, -0.1) is 0 Å². The molecule has 0 unspecified atom stereocenters. The first-order valence-corrected chi connectivity index (χ1v) is 11.3. The van der Waals surface area contributed by atoms with Crippen molar-refractivity contribution in [3.63, 3.8) is 0 Å². The van der Waals surface area contributed by atoms with E-state index in [4.69, 9.17) is 0 Å². The average molecular weight is 534 g/mol. The molecule has 0 aliphatic rings. The van der Waals surface area contributed by atoms with Crippen molar-refractivity contribution in [1.29, 1.82) is 0 Å². The van der Waals surface area contributed by atoms with Crippen LogP contribution in [0.5, 0.6) is 0 Å². The highest BCUT2D eigenvalue weighted by molar-refractivity contribution is 6.10. The molecule has 4 aromatic rings. The van der Waals surface area contributed by atoms with E-state index in [1.807, 2.05) is 0 Å². The molecule has 0 saturated carbocycles. The van der Waals surface area contributed by atoms with E-state index in [1.54, 1.807) is 11.5 Å². The lowest BCUT2D eigenvalue weighted by Crippen LogP contribution is -2.25. The van der Waals surface area contributed by atoms with Crippen LogP contribution in [-0.4, -0.2) is 21.4 Å². The monoisotopic (exact) mass is 534 g/mol. The third kappa shape index (κ3) is 5.48. The Morgan fingerprint density at radius 2 is 1.47 bits per heavy atom. The number of aromatic nitrogens is 2. The second-order valence-electron chi connectivity index (χ2n) is 8.26. The van der Waals surface area contributed by atoms with Crippen LogP contribution in [0.1, 0.15) is 44.3 Å². The second-order valence-corrected chi connectivity index (χ2v) is 8.26. The van der Waals surface area contributed by atoms with E-state index in [0.29, 0.717) is 12.1 Å². The summed E-state index contributed by atoms with van der Waals surface area (Å²) in [7, 11) is 0. The van der Waals surface area contributed by atoms with Gasteiger partial charge in [0.05, 0.1) is 34.1 Å². The van der Waals surface area contributed by atoms with Gasteiger partial charge in [0.15, 0.2) is 0 Å². The van der Waals surface area contributed by atoms with Crippen LogP contribution in [0.3, 0.4) is 0 Å². The lowest BCUT2D eigenvalue weighted by Gasteiger charge is -2.15. The average Bonchev–Trinajstić information content (AvgIpc) is 3.29. The van der Waals surface area contributed by atoms with Gasteiger partial charge in [-0.05, 0) is 42.8 Å². The topological polar surface area (TPSA) is 76.0 Å². The van der Waals surface area contributed by atoms with E-state index in [1.165, 1.54) is 42.7 Å². The highest BCUT2D eigenvalue weighted by atomic mass is 19.4. The van der Waals surface area contributed by atoms with Gasteiger partial charge in [0.25, 0.3) is 11.8 Å². The van der Waals surface area contributed by atoms with E-state index < -0.39 is 47.4 Å². The van der Waals surface area contributed by atoms with E-state index in [9.17, 15) is 35.9 Å². The van der Waals surface area contributed by atoms with Crippen molar-refractivity contribution >= 4 is 28.5 Å². The molecule has 3 aromatic carbocycles. The molecule has 0 aliphatic carbocycles. The number of imidazole rings is 1. The molecule has 2 N–H and O–H groups in total. The van der Waals surface area contributed by atoms with Crippen molar-refractivity contribution in [2.75, 3.05) is 5.32 Å². The third-order valence-corrected chi connectivity index (χ3v) is 5.81. The van der Waals surface area contributed by atoms with Gasteiger partial charge in [-0.3, -0.25) is 9.59 Å². The van der Waals surface area contributed by atoms with Crippen molar-refractivity contribution in [3.8, 4) is 0 Å². The zero-order valence-electron chi connectivity index (χ0n) is 19.7. The fourth-order valence-electron chi connectivity index (χ4n) is 4.01. The third-order valence-electron chi connectivity index (χ3n) is 5.81. The van der Waals surface area contributed by atoms with Crippen LogP contribution in [0.2, 0.25) is 0 Å². The van der Waals surface area contributed by atoms with E-state index in [2.05, 4.69) is 15.6 Å². The summed E-state index contributed by atoms with van der Waals surface area (Å²) in [5, 5.41) is 4.83. The summed E-state index contributed by atoms with van der Waals surface area (Å²) in [5.74, 6) is -1.83. The van der Waals surface area contributed by atoms with E-state index >= 15 is 0 Å². The van der Waals surface area contributed by atoms with E-state index in [0.717, 1.165) is 24.3 Å². The van der Waals surface area contributed by atoms with Crippen LogP contribution in [0.15, 0.2) is 67.0 Å². The lowest BCUT2D eigenvalue weighted by molar-refractivity contribution is -0.138. The Morgan fingerprint density at radius 1 is 0.842 bits per heavy atom. The van der Waals surface area contributed by atoms with Crippen LogP contribution >= 0.6 is 0 Å². The number of anilines is 1. The number of halogens is 6. The number of alkyl halides is 6. The number of rotatable bonds is 6. The summed E-state index contributed by atoms with van der Waals surface area (Å²) in [4.78, 5) is 30.1. The van der Waals surface area contributed by atoms with Crippen LogP contribution < -0.4 is 10.6 Å². The van der Waals surface area contributed by atoms with Gasteiger partial charge in [0.1, 0.15) is 5.52 Å². The number of benzene rings is 3. The molecule has 0 saturated heterocycles. The number of carbonyl (C=O) groups is 2. The number of carbonyl (C=O) groups excluding carboxylic acids is 2. The maximum atomic E-state index is 13.4.